The van der Waals surface area contributed by atoms with Crippen LogP contribution in [0.25, 0.3) is 6.08 Å². The predicted molar refractivity (Wildman–Crippen MR) is 107 cm³/mol. The van der Waals surface area contributed by atoms with Crippen molar-refractivity contribution in [1.29, 1.82) is 5.41 Å². The Morgan fingerprint density at radius 1 is 1.15 bits per heavy atom. The van der Waals surface area contributed by atoms with Crippen LogP contribution < -0.4 is 0 Å². The third kappa shape index (κ3) is 2.98. The fourth-order valence-electron chi connectivity index (χ4n) is 2.64. The highest BCUT2D eigenvalue weighted by Gasteiger charge is 2.36. The van der Waals surface area contributed by atoms with Crippen LogP contribution in [0.3, 0.4) is 0 Å². The van der Waals surface area contributed by atoms with Crippen molar-refractivity contribution in [3.63, 3.8) is 0 Å². The largest absolute Gasteiger partial charge is 0.283 e. The van der Waals surface area contributed by atoms with E-state index in [4.69, 9.17) is 17.0 Å². The third-order valence-electron chi connectivity index (χ3n) is 4.01. The molecule has 0 saturated carbocycles. The highest BCUT2D eigenvalue weighted by molar-refractivity contribution is 8.27. The molecule has 4 rings (SSSR count). The number of amidine groups is 2. The number of rotatable bonds is 2. The van der Waals surface area contributed by atoms with E-state index in [1.807, 2.05) is 31.2 Å². The molecule has 0 aliphatic carbocycles. The summed E-state index contributed by atoms with van der Waals surface area (Å²) in [6.45, 7) is 2.00. The first-order valence-electron chi connectivity index (χ1n) is 7.85. The molecule has 0 atom stereocenters. The Morgan fingerprint density at radius 2 is 1.88 bits per heavy atom. The van der Waals surface area contributed by atoms with Gasteiger partial charge in [0.05, 0.1) is 5.57 Å². The lowest BCUT2D eigenvalue weighted by Gasteiger charge is -2.20. The molecule has 2 aromatic rings. The Labute approximate surface area is 159 Å². The van der Waals surface area contributed by atoms with E-state index in [2.05, 4.69) is 10.1 Å². The number of aryl methyl sites for hydroxylation is 1. The second kappa shape index (κ2) is 6.55. The van der Waals surface area contributed by atoms with Crippen LogP contribution in [0, 0.1) is 12.3 Å². The van der Waals surface area contributed by atoms with Gasteiger partial charge < -0.3 is 0 Å². The van der Waals surface area contributed by atoms with Crippen LogP contribution in [0.5, 0.6) is 0 Å². The summed E-state index contributed by atoms with van der Waals surface area (Å²) in [5.74, 6) is -0.420. The summed E-state index contributed by atoms with van der Waals surface area (Å²) >= 11 is 7.19. The van der Waals surface area contributed by atoms with E-state index >= 15 is 0 Å². The fourth-order valence-corrected chi connectivity index (χ4v) is 3.75. The maximum absolute atomic E-state index is 12.4. The number of hydrazone groups is 1. The number of thioether (sulfide) groups is 1. The van der Waals surface area contributed by atoms with Gasteiger partial charge in [0, 0.05) is 10.6 Å². The summed E-state index contributed by atoms with van der Waals surface area (Å²) in [6, 6.07) is 14.9. The quantitative estimate of drug-likeness (QED) is 0.789. The van der Waals surface area contributed by atoms with Crippen LogP contribution in [0.15, 0.2) is 64.2 Å². The minimum Gasteiger partial charge on any atom is -0.282 e. The predicted octanol–water partition coefficient (Wildman–Crippen LogP) is 4.32. The van der Waals surface area contributed by atoms with Crippen molar-refractivity contribution in [2.75, 3.05) is 0 Å². The SMILES string of the molecule is Cc1ccccc1C1=NN2C(=N)/C(=C/c3ccc(Cl)cc3)C(=O)N=C2S1. The lowest BCUT2D eigenvalue weighted by Crippen LogP contribution is -2.35. The molecule has 2 aliphatic heterocycles. The van der Waals surface area contributed by atoms with E-state index in [1.54, 1.807) is 30.3 Å². The molecule has 7 heteroatoms. The molecule has 5 nitrogen and oxygen atoms in total. The van der Waals surface area contributed by atoms with E-state index in [1.165, 1.54) is 16.8 Å². The van der Waals surface area contributed by atoms with Crippen LogP contribution in [0.1, 0.15) is 16.7 Å². The number of nitrogens with zero attached hydrogens (tertiary/aromatic N) is 3. The smallest absolute Gasteiger partial charge is 0.282 e. The number of halogens is 1. The van der Waals surface area contributed by atoms with Gasteiger partial charge in [-0.1, -0.05) is 48.0 Å². The first kappa shape index (κ1) is 16.8. The summed E-state index contributed by atoms with van der Waals surface area (Å²) in [5.41, 5.74) is 3.02. The second-order valence-corrected chi connectivity index (χ2v) is 7.18. The first-order valence-corrected chi connectivity index (χ1v) is 9.04. The minimum absolute atomic E-state index is 0.0195. The van der Waals surface area contributed by atoms with Crippen LogP contribution in [-0.4, -0.2) is 27.0 Å². The van der Waals surface area contributed by atoms with Crippen LogP contribution in [0.2, 0.25) is 5.02 Å². The number of aliphatic imine (C=N–C) groups is 1. The normalized spacial score (nSPS) is 18.1. The average Bonchev–Trinajstić information content (AvgIpc) is 3.04. The van der Waals surface area contributed by atoms with E-state index in [-0.39, 0.29) is 11.4 Å². The van der Waals surface area contributed by atoms with Gasteiger partial charge in [0.2, 0.25) is 5.17 Å². The third-order valence-corrected chi connectivity index (χ3v) is 5.20. The molecular weight excluding hydrogens is 368 g/mol. The molecule has 0 fully saturated rings. The summed E-state index contributed by atoms with van der Waals surface area (Å²) in [6.07, 6.45) is 1.63. The molecule has 2 heterocycles. The molecule has 0 radical (unpaired) electrons. The Balaban J connectivity index is 1.70. The molecule has 0 saturated heterocycles. The van der Waals surface area contributed by atoms with Crippen molar-refractivity contribution in [3.05, 3.63) is 75.8 Å². The molecule has 0 unspecified atom stereocenters. The van der Waals surface area contributed by atoms with Crippen LogP contribution in [0.4, 0.5) is 0 Å². The molecule has 128 valence electrons. The minimum atomic E-state index is -0.440. The molecule has 26 heavy (non-hydrogen) atoms. The number of nitrogens with one attached hydrogen (secondary N) is 1. The molecule has 0 spiro atoms. The standard InChI is InChI=1S/C19H13ClN4OS/c1-11-4-2-3-5-14(11)18-23-24-16(21)15(17(25)22-19(24)26-18)10-12-6-8-13(20)9-7-12/h2-10,21H,1H3/b15-10-,21-16?. The number of amides is 1. The van der Waals surface area contributed by atoms with E-state index < -0.39 is 5.91 Å². The zero-order valence-corrected chi connectivity index (χ0v) is 15.3. The Bertz CT molecular complexity index is 1020. The number of carbonyl (C=O) groups excluding carboxylic acids is 1. The van der Waals surface area contributed by atoms with Crippen molar-refractivity contribution in [1.82, 2.24) is 5.01 Å². The molecule has 2 aromatic carbocycles. The summed E-state index contributed by atoms with van der Waals surface area (Å²) in [4.78, 5) is 16.5. The number of carbonyl (C=O) groups is 1. The van der Waals surface area contributed by atoms with Gasteiger partial charge in [-0.2, -0.15) is 15.1 Å². The Kier molecular flexibility index (Phi) is 4.22. The van der Waals surface area contributed by atoms with E-state index in [0.29, 0.717) is 10.2 Å². The lowest BCUT2D eigenvalue weighted by molar-refractivity contribution is -0.114. The van der Waals surface area contributed by atoms with Crippen molar-refractivity contribution in [3.8, 4) is 0 Å². The average molecular weight is 381 g/mol. The highest BCUT2D eigenvalue weighted by atomic mass is 35.5. The molecule has 2 aliphatic rings. The van der Waals surface area contributed by atoms with Crippen LogP contribution in [-0.2, 0) is 4.79 Å². The molecular formula is C19H13ClN4OS. The lowest BCUT2D eigenvalue weighted by atomic mass is 10.1. The Hall–Kier alpha value is -2.70. The first-order chi connectivity index (χ1) is 12.5. The molecule has 0 bridgehead atoms. The second-order valence-electron chi connectivity index (χ2n) is 5.79. The maximum atomic E-state index is 12.4. The van der Waals surface area contributed by atoms with Gasteiger partial charge in [-0.25, -0.2) is 0 Å². The highest BCUT2D eigenvalue weighted by Crippen LogP contribution is 2.31. The summed E-state index contributed by atoms with van der Waals surface area (Å²) in [5, 5.41) is 16.1. The number of hydrogen-bond donors (Lipinski definition) is 1. The van der Waals surface area contributed by atoms with Gasteiger partial charge in [-0.15, -0.1) is 0 Å². The maximum Gasteiger partial charge on any atom is 0.283 e. The monoisotopic (exact) mass is 380 g/mol. The van der Waals surface area contributed by atoms with Crippen molar-refractivity contribution in [2.24, 2.45) is 10.1 Å². The molecule has 1 amide bonds. The van der Waals surface area contributed by atoms with Crippen LogP contribution >= 0.6 is 23.4 Å². The fraction of sp³-hybridized carbons (Fsp3) is 0.0526. The van der Waals surface area contributed by atoms with Crippen molar-refractivity contribution < 1.29 is 4.79 Å². The van der Waals surface area contributed by atoms with E-state index in [0.717, 1.165) is 21.7 Å². The van der Waals surface area contributed by atoms with Crippen molar-refractivity contribution >= 4 is 51.4 Å². The topological polar surface area (TPSA) is 68.9 Å². The Morgan fingerprint density at radius 3 is 2.62 bits per heavy atom. The number of hydrogen-bond acceptors (Lipinski definition) is 4. The zero-order valence-electron chi connectivity index (χ0n) is 13.7. The van der Waals surface area contributed by atoms with E-state index in [9.17, 15) is 4.79 Å². The van der Waals surface area contributed by atoms with Gasteiger partial charge in [0.25, 0.3) is 5.91 Å². The van der Waals surface area contributed by atoms with Gasteiger partial charge in [-0.3, -0.25) is 10.2 Å². The van der Waals surface area contributed by atoms with Gasteiger partial charge >= 0.3 is 0 Å². The van der Waals surface area contributed by atoms with Gasteiger partial charge in [0.15, 0.2) is 5.84 Å². The van der Waals surface area contributed by atoms with Gasteiger partial charge in [0.1, 0.15) is 5.04 Å². The zero-order chi connectivity index (χ0) is 18.3. The number of fused-ring (bicyclic) bond motifs is 1. The molecule has 1 N–H and O–H groups in total. The number of benzene rings is 2. The van der Waals surface area contributed by atoms with Crippen molar-refractivity contribution in [2.45, 2.75) is 6.92 Å². The van der Waals surface area contributed by atoms with Gasteiger partial charge in [-0.05, 0) is 48.0 Å². The summed E-state index contributed by atoms with van der Waals surface area (Å²) < 4.78 is 0. The molecule has 0 aromatic heterocycles. The summed E-state index contributed by atoms with van der Waals surface area (Å²) in [7, 11) is 0.